The fraction of sp³-hybridized carbons (Fsp3) is 0.882. The van der Waals surface area contributed by atoms with Crippen molar-refractivity contribution < 1.29 is 13.9 Å². The van der Waals surface area contributed by atoms with Gasteiger partial charge in [0.1, 0.15) is 6.10 Å². The summed E-state index contributed by atoms with van der Waals surface area (Å²) in [6, 6.07) is 0. The average molecular weight is 313 g/mol. The molecule has 1 heterocycles. The maximum atomic E-state index is 6.37. The summed E-state index contributed by atoms with van der Waals surface area (Å²) in [5.74, 6) is 2.64. The molecule has 2 atom stereocenters. The second-order valence-corrected chi connectivity index (χ2v) is 12.7. The molecular formula is C17H32O3Si. The number of ether oxygens (including phenoxy) is 2. The molecule has 0 N–H and O–H groups in total. The Bertz CT molecular complexity index is 420. The largest absolute Gasteiger partial charge is 0.414 e. The van der Waals surface area contributed by atoms with E-state index in [2.05, 4.69) is 46.7 Å². The van der Waals surface area contributed by atoms with Crippen molar-refractivity contribution in [1.29, 1.82) is 0 Å². The van der Waals surface area contributed by atoms with E-state index < -0.39 is 19.7 Å². The van der Waals surface area contributed by atoms with Gasteiger partial charge in [-0.05, 0) is 44.8 Å². The minimum absolute atomic E-state index is 0.175. The molecule has 0 aromatic rings. The molecule has 0 spiro atoms. The van der Waals surface area contributed by atoms with Crippen LogP contribution in [-0.4, -0.2) is 32.4 Å². The molecule has 4 heteroatoms. The molecule has 1 fully saturated rings. The maximum Gasteiger partial charge on any atom is 0.192 e. The van der Waals surface area contributed by atoms with Crippen molar-refractivity contribution in [3.8, 4) is 12.3 Å². The lowest BCUT2D eigenvalue weighted by Crippen LogP contribution is -2.48. The van der Waals surface area contributed by atoms with Gasteiger partial charge >= 0.3 is 0 Å². The van der Waals surface area contributed by atoms with Crippen molar-refractivity contribution in [1.82, 2.24) is 0 Å². The van der Waals surface area contributed by atoms with Crippen LogP contribution in [0, 0.1) is 18.3 Å². The number of hydrogen-bond donors (Lipinski definition) is 0. The van der Waals surface area contributed by atoms with Crippen LogP contribution in [0.25, 0.3) is 0 Å². The van der Waals surface area contributed by atoms with Crippen LogP contribution < -0.4 is 0 Å². The fourth-order valence-corrected chi connectivity index (χ4v) is 4.87. The highest BCUT2D eigenvalue weighted by Crippen LogP contribution is 2.45. The summed E-state index contributed by atoms with van der Waals surface area (Å²) >= 11 is 0. The quantitative estimate of drug-likeness (QED) is 0.563. The van der Waals surface area contributed by atoms with Crippen LogP contribution in [-0.2, 0) is 13.9 Å². The monoisotopic (exact) mass is 312 g/mol. The van der Waals surface area contributed by atoms with Gasteiger partial charge in [0.05, 0.1) is 6.61 Å². The van der Waals surface area contributed by atoms with Crippen LogP contribution in [0.3, 0.4) is 0 Å². The first kappa shape index (κ1) is 18.7. The van der Waals surface area contributed by atoms with Crippen LogP contribution in [0.15, 0.2) is 0 Å². The van der Waals surface area contributed by atoms with Crippen LogP contribution in [0.5, 0.6) is 0 Å². The van der Waals surface area contributed by atoms with E-state index in [0.717, 1.165) is 0 Å². The average Bonchev–Trinajstić information content (AvgIpc) is 2.56. The molecule has 3 nitrogen and oxygen atoms in total. The van der Waals surface area contributed by atoms with E-state index in [9.17, 15) is 0 Å². The predicted molar refractivity (Wildman–Crippen MR) is 89.6 cm³/mol. The van der Waals surface area contributed by atoms with Crippen molar-refractivity contribution in [3.05, 3.63) is 0 Å². The zero-order valence-electron chi connectivity index (χ0n) is 15.2. The minimum atomic E-state index is -1.89. The van der Waals surface area contributed by atoms with Crippen LogP contribution >= 0.6 is 0 Å². The van der Waals surface area contributed by atoms with E-state index in [0.29, 0.717) is 12.5 Å². The van der Waals surface area contributed by atoms with Gasteiger partial charge in [0, 0.05) is 0 Å². The van der Waals surface area contributed by atoms with E-state index in [1.165, 1.54) is 0 Å². The number of rotatable bonds is 5. The van der Waals surface area contributed by atoms with Gasteiger partial charge in [-0.2, -0.15) is 0 Å². The first-order chi connectivity index (χ1) is 9.27. The summed E-state index contributed by atoms with van der Waals surface area (Å²) in [5, 5.41) is 0.175. The van der Waals surface area contributed by atoms with E-state index in [1.54, 1.807) is 0 Å². The maximum absolute atomic E-state index is 6.37. The number of terminal acetylenes is 1. The Hall–Kier alpha value is -0.343. The second-order valence-electron chi connectivity index (χ2n) is 8.06. The summed E-state index contributed by atoms with van der Waals surface area (Å²) in [5.41, 5.74) is -0.726. The van der Waals surface area contributed by atoms with E-state index in [-0.39, 0.29) is 11.1 Å². The standard InChI is InChI=1S/C17H32O3Si/c1-11-17(8)14(19-16(6,7)20-17)12-18-21(9,10)15(4,5)13(2)3/h1,13-14H,12H2,2-10H3/t14-,17+/m0/s1. The predicted octanol–water partition coefficient (Wildman–Crippen LogP) is 4.19. The Labute approximate surface area is 131 Å². The Morgan fingerprint density at radius 2 is 1.81 bits per heavy atom. The fourth-order valence-electron chi connectivity index (χ4n) is 2.54. The molecule has 0 bridgehead atoms. The molecule has 1 aliphatic rings. The van der Waals surface area contributed by atoms with Crippen molar-refractivity contribution in [2.45, 2.75) is 84.1 Å². The van der Waals surface area contributed by atoms with Gasteiger partial charge in [-0.15, -0.1) is 6.42 Å². The Kier molecular flexibility index (Phi) is 5.07. The molecule has 0 amide bonds. The minimum Gasteiger partial charge on any atom is -0.414 e. The highest BCUT2D eigenvalue weighted by molar-refractivity contribution is 6.74. The summed E-state index contributed by atoms with van der Waals surface area (Å²) in [4.78, 5) is 0. The highest BCUT2D eigenvalue weighted by Gasteiger charge is 2.51. The third-order valence-corrected chi connectivity index (χ3v) is 9.94. The van der Waals surface area contributed by atoms with E-state index >= 15 is 0 Å². The molecule has 122 valence electrons. The van der Waals surface area contributed by atoms with Crippen molar-refractivity contribution >= 4 is 8.32 Å². The van der Waals surface area contributed by atoms with Crippen molar-refractivity contribution in [2.75, 3.05) is 6.61 Å². The smallest absolute Gasteiger partial charge is 0.192 e. The first-order valence-electron chi connectivity index (χ1n) is 7.77. The normalized spacial score (nSPS) is 29.7. The molecule has 0 aromatic carbocycles. The Balaban J connectivity index is 2.82. The van der Waals surface area contributed by atoms with E-state index in [4.69, 9.17) is 20.3 Å². The molecule has 0 aliphatic carbocycles. The van der Waals surface area contributed by atoms with Gasteiger partial charge in [-0.25, -0.2) is 0 Å². The molecule has 0 unspecified atom stereocenters. The topological polar surface area (TPSA) is 27.7 Å². The van der Waals surface area contributed by atoms with Gasteiger partial charge in [-0.1, -0.05) is 33.6 Å². The van der Waals surface area contributed by atoms with Gasteiger partial charge in [0.2, 0.25) is 0 Å². The van der Waals surface area contributed by atoms with Gasteiger partial charge in [0.15, 0.2) is 19.7 Å². The SMILES string of the molecule is C#C[C@@]1(C)OC(C)(C)O[C@H]1CO[Si](C)(C)C(C)(C)C(C)C. The summed E-state index contributed by atoms with van der Waals surface area (Å²) in [6.45, 7) is 19.8. The Morgan fingerprint density at radius 1 is 1.29 bits per heavy atom. The van der Waals surface area contributed by atoms with Gasteiger partial charge < -0.3 is 13.9 Å². The summed E-state index contributed by atoms with van der Waals surface area (Å²) < 4.78 is 18.2. The molecule has 1 rings (SSSR count). The highest BCUT2D eigenvalue weighted by atomic mass is 28.4. The molecular weight excluding hydrogens is 280 g/mol. The van der Waals surface area contributed by atoms with Crippen molar-refractivity contribution in [3.63, 3.8) is 0 Å². The molecule has 0 saturated carbocycles. The lowest BCUT2D eigenvalue weighted by molar-refractivity contribution is -0.153. The lowest BCUT2D eigenvalue weighted by Gasteiger charge is -2.43. The molecule has 0 aromatic heterocycles. The second kappa shape index (κ2) is 5.70. The summed E-state index contributed by atoms with van der Waals surface area (Å²) in [6.07, 6.45) is 5.42. The lowest BCUT2D eigenvalue weighted by atomic mass is 9.99. The third-order valence-electron chi connectivity index (χ3n) is 5.38. The number of hydrogen-bond acceptors (Lipinski definition) is 3. The Morgan fingerprint density at radius 3 is 2.24 bits per heavy atom. The molecule has 1 saturated heterocycles. The molecule has 21 heavy (non-hydrogen) atoms. The van der Waals surface area contributed by atoms with Crippen LogP contribution in [0.2, 0.25) is 18.1 Å². The van der Waals surface area contributed by atoms with E-state index in [1.807, 2.05) is 20.8 Å². The molecule has 1 aliphatic heterocycles. The van der Waals surface area contributed by atoms with Crippen molar-refractivity contribution in [2.24, 2.45) is 5.92 Å². The molecule has 0 radical (unpaired) electrons. The zero-order valence-corrected chi connectivity index (χ0v) is 16.2. The van der Waals surface area contributed by atoms with Crippen LogP contribution in [0.4, 0.5) is 0 Å². The zero-order chi connectivity index (χ0) is 16.7. The summed E-state index contributed by atoms with van der Waals surface area (Å²) in [7, 11) is -1.89. The van der Waals surface area contributed by atoms with Gasteiger partial charge in [0.25, 0.3) is 0 Å². The van der Waals surface area contributed by atoms with Gasteiger partial charge in [-0.3, -0.25) is 0 Å². The van der Waals surface area contributed by atoms with Crippen LogP contribution in [0.1, 0.15) is 48.5 Å². The third kappa shape index (κ3) is 3.71. The first-order valence-corrected chi connectivity index (χ1v) is 10.7.